The molecule has 92 valence electrons. The minimum Gasteiger partial charge on any atom is -1.00 e. The van der Waals surface area contributed by atoms with Crippen LogP contribution in [0.1, 0.15) is 19.4 Å². The molecule has 0 spiro atoms. The van der Waals surface area contributed by atoms with Crippen molar-refractivity contribution in [2.75, 3.05) is 0 Å². The van der Waals surface area contributed by atoms with E-state index in [0.717, 1.165) is 6.42 Å². The molecular formula is C14H17Cl2Zr-. The molecule has 1 aliphatic carbocycles. The molecule has 0 fully saturated rings. The van der Waals surface area contributed by atoms with E-state index in [1.165, 1.54) is 8.77 Å². The molecule has 0 N–H and O–H groups in total. The monoisotopic (exact) mass is 345 g/mol. The zero-order valence-corrected chi connectivity index (χ0v) is 14.1. The van der Waals surface area contributed by atoms with Gasteiger partial charge in [0.15, 0.2) is 0 Å². The van der Waals surface area contributed by atoms with Gasteiger partial charge in [0, 0.05) is 0 Å². The molecular weight excluding hydrogens is 330 g/mol. The third-order valence-corrected chi connectivity index (χ3v) is 2.03. The van der Waals surface area contributed by atoms with Crippen LogP contribution in [-0.2, 0) is 30.7 Å². The predicted octanol–water partition coefficient (Wildman–Crippen LogP) is -2.56. The van der Waals surface area contributed by atoms with Crippen molar-refractivity contribution < 1.29 is 49.0 Å². The van der Waals surface area contributed by atoms with Crippen molar-refractivity contribution in [1.82, 2.24) is 0 Å². The summed E-state index contributed by atoms with van der Waals surface area (Å²) in [6.45, 7) is 4.25. The number of hydrogen-bond donors (Lipinski definition) is 0. The van der Waals surface area contributed by atoms with Crippen LogP contribution in [0, 0.1) is 5.92 Å². The third kappa shape index (κ3) is 9.83. The Kier molecular flexibility index (Phi) is 12.9. The van der Waals surface area contributed by atoms with Gasteiger partial charge in [-0.15, -0.1) is 0 Å². The van der Waals surface area contributed by atoms with Crippen molar-refractivity contribution in [3.8, 4) is 0 Å². The van der Waals surface area contributed by atoms with Crippen LogP contribution in [-0.4, -0.2) is 3.21 Å². The Labute approximate surface area is 132 Å². The van der Waals surface area contributed by atoms with Crippen molar-refractivity contribution >= 4 is 3.21 Å². The second kappa shape index (κ2) is 11.3. The van der Waals surface area contributed by atoms with Crippen molar-refractivity contribution in [2.45, 2.75) is 20.3 Å². The normalized spacial score (nSPS) is 12.2. The molecule has 0 saturated carbocycles. The molecule has 0 radical (unpaired) electrons. The van der Waals surface area contributed by atoms with Crippen LogP contribution < -0.4 is 24.8 Å². The number of halogens is 2. The fraction of sp³-hybridized carbons (Fsp3) is 0.286. The van der Waals surface area contributed by atoms with Gasteiger partial charge in [0.2, 0.25) is 0 Å². The Hall–Kier alpha value is 0.163. The van der Waals surface area contributed by atoms with E-state index < -0.39 is 0 Å². The summed E-state index contributed by atoms with van der Waals surface area (Å²) in [6, 6.07) is 8.55. The first-order valence-corrected chi connectivity index (χ1v) is 6.48. The van der Waals surface area contributed by atoms with Crippen molar-refractivity contribution in [1.29, 1.82) is 0 Å². The van der Waals surface area contributed by atoms with Gasteiger partial charge < -0.3 is 24.8 Å². The SMILES string of the molecule is C1=CC(C[c-]2cccc2)C=C1.C[C](C)=[Zr+2].[Cl-].[Cl-]. The van der Waals surface area contributed by atoms with Crippen molar-refractivity contribution in [2.24, 2.45) is 5.92 Å². The zero-order valence-electron chi connectivity index (χ0n) is 10.2. The fourth-order valence-corrected chi connectivity index (χ4v) is 1.44. The fourth-order valence-electron chi connectivity index (χ4n) is 1.44. The molecule has 0 heterocycles. The first kappa shape index (κ1) is 19.5. The van der Waals surface area contributed by atoms with Crippen LogP contribution >= 0.6 is 0 Å². The topological polar surface area (TPSA) is 0 Å². The van der Waals surface area contributed by atoms with Gasteiger partial charge in [0.05, 0.1) is 0 Å². The summed E-state index contributed by atoms with van der Waals surface area (Å²) < 4.78 is 1.51. The first-order valence-electron chi connectivity index (χ1n) is 5.26. The smallest absolute Gasteiger partial charge is 1.00 e. The molecule has 0 aromatic heterocycles. The maximum Gasteiger partial charge on any atom is -1.00 e. The Morgan fingerprint density at radius 1 is 1.06 bits per heavy atom. The summed E-state index contributed by atoms with van der Waals surface area (Å²) in [5.74, 6) is 0.636. The molecule has 0 unspecified atom stereocenters. The molecule has 17 heavy (non-hydrogen) atoms. The average Bonchev–Trinajstić information content (AvgIpc) is 2.76. The molecule has 0 amide bonds. The average molecular weight is 347 g/mol. The summed E-state index contributed by atoms with van der Waals surface area (Å²) in [5.41, 5.74) is 1.44. The van der Waals surface area contributed by atoms with E-state index in [1.807, 2.05) is 0 Å². The third-order valence-electron chi connectivity index (χ3n) is 2.03. The predicted molar refractivity (Wildman–Crippen MR) is 63.9 cm³/mol. The minimum atomic E-state index is 0. The number of hydrogen-bond acceptors (Lipinski definition) is 0. The minimum absolute atomic E-state index is 0. The Morgan fingerprint density at radius 3 is 1.88 bits per heavy atom. The van der Waals surface area contributed by atoms with Gasteiger partial charge in [-0.2, -0.15) is 17.7 Å². The van der Waals surface area contributed by atoms with E-state index >= 15 is 0 Å². The van der Waals surface area contributed by atoms with Gasteiger partial charge >= 0.3 is 41.3 Å². The van der Waals surface area contributed by atoms with Gasteiger partial charge in [-0.1, -0.05) is 30.7 Å². The summed E-state index contributed by atoms with van der Waals surface area (Å²) in [6.07, 6.45) is 9.88. The van der Waals surface area contributed by atoms with Crippen molar-refractivity contribution in [3.63, 3.8) is 0 Å². The maximum atomic E-state index is 2.24. The molecule has 0 bridgehead atoms. The van der Waals surface area contributed by atoms with Crippen LogP contribution in [0.4, 0.5) is 0 Å². The van der Waals surface area contributed by atoms with E-state index in [9.17, 15) is 0 Å². The second-order valence-electron chi connectivity index (χ2n) is 3.93. The van der Waals surface area contributed by atoms with Crippen LogP contribution in [0.25, 0.3) is 0 Å². The van der Waals surface area contributed by atoms with Gasteiger partial charge in [0.1, 0.15) is 0 Å². The molecule has 0 atom stereocenters. The first-order chi connectivity index (χ1) is 7.18. The quantitative estimate of drug-likeness (QED) is 0.517. The molecule has 0 nitrogen and oxygen atoms in total. The Morgan fingerprint density at radius 2 is 1.47 bits per heavy atom. The van der Waals surface area contributed by atoms with E-state index in [2.05, 4.69) is 62.4 Å². The summed E-state index contributed by atoms with van der Waals surface area (Å²) >= 11 is 1.55. The van der Waals surface area contributed by atoms with Gasteiger partial charge in [-0.05, 0) is 5.92 Å². The summed E-state index contributed by atoms with van der Waals surface area (Å²) in [5, 5.41) is 0. The molecule has 1 aliphatic rings. The van der Waals surface area contributed by atoms with Gasteiger partial charge in [-0.3, -0.25) is 0 Å². The molecule has 0 aliphatic heterocycles. The zero-order chi connectivity index (χ0) is 11.1. The molecule has 2 rings (SSSR count). The van der Waals surface area contributed by atoms with E-state index in [1.54, 1.807) is 24.2 Å². The maximum absolute atomic E-state index is 2.24. The largest absolute Gasteiger partial charge is 1.00 e. The van der Waals surface area contributed by atoms with Crippen LogP contribution in [0.2, 0.25) is 0 Å². The summed E-state index contributed by atoms with van der Waals surface area (Å²) in [4.78, 5) is 0. The van der Waals surface area contributed by atoms with Crippen molar-refractivity contribution in [3.05, 3.63) is 54.1 Å². The molecule has 1 aromatic carbocycles. The van der Waals surface area contributed by atoms with E-state index in [-0.39, 0.29) is 24.8 Å². The van der Waals surface area contributed by atoms with E-state index in [0.29, 0.717) is 5.92 Å². The summed E-state index contributed by atoms with van der Waals surface area (Å²) in [7, 11) is 0. The van der Waals surface area contributed by atoms with Crippen LogP contribution in [0.15, 0.2) is 48.6 Å². The Balaban J connectivity index is 0. The van der Waals surface area contributed by atoms with Gasteiger partial charge in [-0.25, -0.2) is 12.1 Å². The number of allylic oxidation sites excluding steroid dienone is 4. The van der Waals surface area contributed by atoms with E-state index in [4.69, 9.17) is 0 Å². The molecule has 0 saturated heterocycles. The second-order valence-corrected chi connectivity index (χ2v) is 6.39. The Bertz CT molecular complexity index is 334. The standard InChI is InChI=1S/C11H11.C3H6.2ClH.Zr/c1-2-6-10(5-1)9-11-7-3-4-8-11;1-3-2;;;/h1-8,10H,9H2;1-2H3;2*1H;/q-1;;;;+2/p-2. The van der Waals surface area contributed by atoms with Crippen LogP contribution in [0.5, 0.6) is 0 Å². The van der Waals surface area contributed by atoms with Crippen LogP contribution in [0.3, 0.4) is 0 Å². The van der Waals surface area contributed by atoms with Gasteiger partial charge in [0.25, 0.3) is 0 Å². The number of rotatable bonds is 2. The molecule has 3 heteroatoms. The molecule has 1 aromatic rings.